The maximum atomic E-state index is 12.8. The number of benzene rings is 1. The molecule has 0 bridgehead atoms. The molecule has 158 valence electrons. The number of hydrogen-bond donors (Lipinski definition) is 1. The Hall–Kier alpha value is -2.14. The lowest BCUT2D eigenvalue weighted by Crippen LogP contribution is -3.13. The minimum absolute atomic E-state index is 0.147. The molecule has 1 aliphatic carbocycles. The molecule has 2 amide bonds. The Bertz CT molecular complexity index is 744. The Kier molecular flexibility index (Phi) is 7.12. The maximum Gasteiger partial charge on any atom is 0.261 e. The van der Waals surface area contributed by atoms with E-state index in [-0.39, 0.29) is 11.8 Å². The van der Waals surface area contributed by atoms with Crippen molar-refractivity contribution in [2.45, 2.75) is 53.4 Å². The van der Waals surface area contributed by atoms with Gasteiger partial charge in [-0.25, -0.2) is 4.90 Å². The molecule has 0 atom stereocenters. The summed E-state index contributed by atoms with van der Waals surface area (Å²) in [7, 11) is 0. The van der Waals surface area contributed by atoms with Gasteiger partial charge >= 0.3 is 0 Å². The van der Waals surface area contributed by atoms with Gasteiger partial charge in [-0.2, -0.15) is 0 Å². The van der Waals surface area contributed by atoms with Crippen LogP contribution in [0.3, 0.4) is 0 Å². The molecule has 0 saturated heterocycles. The summed E-state index contributed by atoms with van der Waals surface area (Å²) >= 11 is 0. The summed E-state index contributed by atoms with van der Waals surface area (Å²) in [6, 6.07) is 7.39. The molecule has 5 heteroatoms. The Morgan fingerprint density at radius 1 is 0.966 bits per heavy atom. The molecule has 1 aliphatic heterocycles. The third-order valence-corrected chi connectivity index (χ3v) is 5.58. The second-order valence-electron chi connectivity index (χ2n) is 9.15. The van der Waals surface area contributed by atoms with E-state index >= 15 is 0 Å². The molecule has 3 rings (SSSR count). The van der Waals surface area contributed by atoms with Crippen molar-refractivity contribution in [2.24, 2.45) is 11.8 Å². The molecule has 0 spiro atoms. The average Bonchev–Trinajstić information content (AvgIpc) is 2.92. The van der Waals surface area contributed by atoms with Crippen molar-refractivity contribution in [3.05, 3.63) is 35.4 Å². The van der Waals surface area contributed by atoms with Crippen LogP contribution < -0.4 is 14.5 Å². The Morgan fingerprint density at radius 3 is 2.10 bits per heavy atom. The van der Waals surface area contributed by atoms with E-state index in [2.05, 4.69) is 27.7 Å². The van der Waals surface area contributed by atoms with Gasteiger partial charge in [-0.05, 0) is 37.8 Å². The third-order valence-electron chi connectivity index (χ3n) is 5.58. The molecule has 5 nitrogen and oxygen atoms in total. The van der Waals surface area contributed by atoms with E-state index in [1.807, 2.05) is 24.3 Å². The highest BCUT2D eigenvalue weighted by Crippen LogP contribution is 2.36. The summed E-state index contributed by atoms with van der Waals surface area (Å²) in [6.45, 7) is 12.8. The summed E-state index contributed by atoms with van der Waals surface area (Å²) < 4.78 is 6.01. The molecule has 1 aromatic rings. The van der Waals surface area contributed by atoms with Gasteiger partial charge in [0.05, 0.1) is 18.8 Å². The van der Waals surface area contributed by atoms with Crippen LogP contribution >= 0.6 is 0 Å². The number of imide groups is 1. The first-order chi connectivity index (χ1) is 13.9. The van der Waals surface area contributed by atoms with Gasteiger partial charge in [-0.1, -0.05) is 33.8 Å². The van der Waals surface area contributed by atoms with Gasteiger partial charge in [0.25, 0.3) is 11.8 Å². The van der Waals surface area contributed by atoms with E-state index in [0.717, 1.165) is 45.3 Å². The predicted octanol–water partition coefficient (Wildman–Crippen LogP) is 3.01. The van der Waals surface area contributed by atoms with Crippen LogP contribution in [-0.4, -0.2) is 38.1 Å². The first kappa shape index (κ1) is 21.6. The van der Waals surface area contributed by atoms with Crippen molar-refractivity contribution in [2.75, 3.05) is 31.1 Å². The van der Waals surface area contributed by atoms with Crippen molar-refractivity contribution < 1.29 is 19.2 Å². The van der Waals surface area contributed by atoms with Gasteiger partial charge in [0, 0.05) is 29.0 Å². The van der Waals surface area contributed by atoms with Crippen molar-refractivity contribution >= 4 is 17.5 Å². The van der Waals surface area contributed by atoms with Gasteiger partial charge in [0.15, 0.2) is 0 Å². The zero-order valence-corrected chi connectivity index (χ0v) is 18.3. The SMILES string of the molecule is CC(C)C[NH+](CCOc1cccc(N2C(=O)C3=C(CCCC3)C2=O)c1)CC(C)C. The van der Waals surface area contributed by atoms with Crippen LogP contribution in [0.4, 0.5) is 5.69 Å². The molecule has 1 N–H and O–H groups in total. The van der Waals surface area contributed by atoms with Crippen molar-refractivity contribution in [3.8, 4) is 5.75 Å². The van der Waals surface area contributed by atoms with Crippen LogP contribution in [0.1, 0.15) is 53.4 Å². The average molecular weight is 400 g/mol. The van der Waals surface area contributed by atoms with Gasteiger partial charge < -0.3 is 9.64 Å². The van der Waals surface area contributed by atoms with Gasteiger partial charge in [-0.15, -0.1) is 0 Å². The number of anilines is 1. The van der Waals surface area contributed by atoms with E-state index < -0.39 is 0 Å². The molecule has 2 aliphatic rings. The standard InChI is InChI=1S/C24H34N2O3/c1-17(2)15-25(16-18(3)4)12-13-29-20-9-7-8-19(14-20)26-23(27)21-10-5-6-11-22(21)24(26)28/h7-9,14,17-18H,5-6,10-13,15-16H2,1-4H3/p+1. The molecule has 0 unspecified atom stereocenters. The summed E-state index contributed by atoms with van der Waals surface area (Å²) in [5.74, 6) is 1.72. The normalized spacial score (nSPS) is 17.1. The number of amides is 2. The lowest BCUT2D eigenvalue weighted by Gasteiger charge is -2.23. The second-order valence-corrected chi connectivity index (χ2v) is 9.15. The highest BCUT2D eigenvalue weighted by atomic mass is 16.5. The minimum atomic E-state index is -0.147. The van der Waals surface area contributed by atoms with Crippen LogP contribution in [0.2, 0.25) is 0 Å². The Morgan fingerprint density at radius 2 is 1.55 bits per heavy atom. The molecule has 1 aromatic carbocycles. The highest BCUT2D eigenvalue weighted by Gasteiger charge is 2.39. The van der Waals surface area contributed by atoms with Crippen LogP contribution in [0.25, 0.3) is 0 Å². The van der Waals surface area contributed by atoms with E-state index in [1.54, 1.807) is 4.90 Å². The molecule has 0 aromatic heterocycles. The molecule has 0 saturated carbocycles. The Balaban J connectivity index is 1.63. The molecule has 0 fully saturated rings. The lowest BCUT2D eigenvalue weighted by molar-refractivity contribution is -0.906. The minimum Gasteiger partial charge on any atom is -0.488 e. The second kappa shape index (κ2) is 9.57. The lowest BCUT2D eigenvalue weighted by atomic mass is 9.93. The van der Waals surface area contributed by atoms with E-state index in [9.17, 15) is 9.59 Å². The van der Waals surface area contributed by atoms with Crippen molar-refractivity contribution in [1.82, 2.24) is 0 Å². The predicted molar refractivity (Wildman–Crippen MR) is 115 cm³/mol. The van der Waals surface area contributed by atoms with Crippen LogP contribution in [0.15, 0.2) is 35.4 Å². The maximum absolute atomic E-state index is 12.8. The zero-order valence-electron chi connectivity index (χ0n) is 18.3. The van der Waals surface area contributed by atoms with Crippen LogP contribution in [-0.2, 0) is 9.59 Å². The first-order valence-electron chi connectivity index (χ1n) is 11.0. The topological polar surface area (TPSA) is 51.1 Å². The number of nitrogens with one attached hydrogen (secondary N) is 1. The number of carbonyl (C=O) groups is 2. The fourth-order valence-electron chi connectivity index (χ4n) is 4.44. The summed E-state index contributed by atoms with van der Waals surface area (Å²) in [4.78, 5) is 28.4. The van der Waals surface area contributed by atoms with Gasteiger partial charge in [0.2, 0.25) is 0 Å². The summed E-state index contributed by atoms with van der Waals surface area (Å²) in [6.07, 6.45) is 3.41. The fraction of sp³-hybridized carbons (Fsp3) is 0.583. The number of ether oxygens (including phenoxy) is 1. The number of rotatable bonds is 9. The number of quaternary nitrogens is 1. The smallest absolute Gasteiger partial charge is 0.261 e. The van der Waals surface area contributed by atoms with Gasteiger partial charge in [-0.3, -0.25) is 9.59 Å². The Labute approximate surface area is 174 Å². The quantitative estimate of drug-likeness (QED) is 0.650. The molecule has 1 heterocycles. The highest BCUT2D eigenvalue weighted by molar-refractivity contribution is 6.33. The van der Waals surface area contributed by atoms with E-state index in [1.165, 1.54) is 4.90 Å². The molecule has 0 radical (unpaired) electrons. The van der Waals surface area contributed by atoms with E-state index in [4.69, 9.17) is 4.74 Å². The van der Waals surface area contributed by atoms with Gasteiger partial charge in [0.1, 0.15) is 18.9 Å². The monoisotopic (exact) mass is 399 g/mol. The zero-order chi connectivity index (χ0) is 21.0. The van der Waals surface area contributed by atoms with Crippen molar-refractivity contribution in [3.63, 3.8) is 0 Å². The molecular weight excluding hydrogens is 364 g/mol. The molecular formula is C24H35N2O3+. The number of hydrogen-bond acceptors (Lipinski definition) is 3. The fourth-order valence-corrected chi connectivity index (χ4v) is 4.44. The number of nitrogens with zero attached hydrogens (tertiary/aromatic N) is 1. The van der Waals surface area contributed by atoms with Crippen molar-refractivity contribution in [1.29, 1.82) is 0 Å². The van der Waals surface area contributed by atoms with Crippen LogP contribution in [0.5, 0.6) is 5.75 Å². The summed E-state index contributed by atoms with van der Waals surface area (Å²) in [5.41, 5.74) is 2.05. The molecule has 29 heavy (non-hydrogen) atoms. The largest absolute Gasteiger partial charge is 0.488 e. The van der Waals surface area contributed by atoms with E-state index in [0.29, 0.717) is 41.0 Å². The number of carbonyl (C=O) groups excluding carboxylic acids is 2. The van der Waals surface area contributed by atoms with Crippen LogP contribution in [0, 0.1) is 11.8 Å². The summed E-state index contributed by atoms with van der Waals surface area (Å²) in [5, 5.41) is 0. The first-order valence-corrected chi connectivity index (χ1v) is 11.0. The third kappa shape index (κ3) is 5.27.